The van der Waals surface area contributed by atoms with E-state index in [1.54, 1.807) is 0 Å². The molecular weight excluding hydrogens is 248 g/mol. The van der Waals surface area contributed by atoms with Gasteiger partial charge in [0.25, 0.3) is 0 Å². The number of rotatable bonds is 6. The maximum atomic E-state index is 5.98. The number of hydrogen-bond acceptors (Lipinski definition) is 4. The van der Waals surface area contributed by atoms with Gasteiger partial charge in [-0.15, -0.1) is 0 Å². The van der Waals surface area contributed by atoms with Crippen molar-refractivity contribution in [3.63, 3.8) is 0 Å². The normalized spacial score (nSPS) is 13.7. The molecule has 106 valence electrons. The van der Waals surface area contributed by atoms with E-state index in [9.17, 15) is 0 Å². The van der Waals surface area contributed by atoms with Crippen molar-refractivity contribution >= 4 is 11.3 Å². The minimum atomic E-state index is 0.547. The Hall–Kier alpha value is -2.49. The van der Waals surface area contributed by atoms with Crippen molar-refractivity contribution in [2.24, 2.45) is 10.8 Å². The van der Waals surface area contributed by atoms with Crippen LogP contribution in [-0.2, 0) is 0 Å². The molecule has 4 N–H and O–H groups in total. The van der Waals surface area contributed by atoms with Gasteiger partial charge in [-0.25, -0.2) is 0 Å². The summed E-state index contributed by atoms with van der Waals surface area (Å²) in [6, 6.07) is 9.97. The molecule has 0 fully saturated rings. The number of hydrazone groups is 1. The van der Waals surface area contributed by atoms with E-state index in [1.807, 2.05) is 75.7 Å². The van der Waals surface area contributed by atoms with Crippen LogP contribution in [0.25, 0.3) is 5.57 Å². The molecule has 0 spiro atoms. The number of nitrogens with two attached hydrogens (primary N) is 1. The molecule has 4 heteroatoms. The highest BCUT2D eigenvalue weighted by molar-refractivity contribution is 5.92. The molecule has 0 heterocycles. The second kappa shape index (κ2) is 8.58. The molecular formula is C16H22N4. The molecule has 1 rings (SSSR count). The molecule has 0 atom stereocenters. The van der Waals surface area contributed by atoms with Crippen molar-refractivity contribution in [2.75, 3.05) is 0 Å². The lowest BCUT2D eigenvalue weighted by Gasteiger charge is -2.07. The van der Waals surface area contributed by atoms with Gasteiger partial charge >= 0.3 is 0 Å². The third-order valence-electron chi connectivity index (χ3n) is 2.65. The first-order chi connectivity index (χ1) is 9.65. The lowest BCUT2D eigenvalue weighted by atomic mass is 10.1. The van der Waals surface area contributed by atoms with Crippen molar-refractivity contribution < 1.29 is 0 Å². The fourth-order valence-electron chi connectivity index (χ4n) is 1.43. The Morgan fingerprint density at radius 1 is 1.15 bits per heavy atom. The second-order valence-corrected chi connectivity index (χ2v) is 4.27. The van der Waals surface area contributed by atoms with Gasteiger partial charge in [-0.1, -0.05) is 36.4 Å². The Morgan fingerprint density at radius 3 is 2.50 bits per heavy atom. The molecule has 0 aromatic heterocycles. The molecule has 0 aliphatic rings. The van der Waals surface area contributed by atoms with Crippen LogP contribution in [0.3, 0.4) is 0 Å². The molecule has 0 aliphatic carbocycles. The highest BCUT2D eigenvalue weighted by Gasteiger charge is 1.99. The molecule has 0 bridgehead atoms. The highest BCUT2D eigenvalue weighted by Crippen LogP contribution is 2.13. The summed E-state index contributed by atoms with van der Waals surface area (Å²) >= 11 is 0. The van der Waals surface area contributed by atoms with E-state index in [1.165, 1.54) is 0 Å². The lowest BCUT2D eigenvalue weighted by molar-refractivity contribution is 0.872. The molecule has 0 amide bonds. The Bertz CT molecular complexity index is 525. The number of nitrogens with one attached hydrogen (secondary N) is 2. The van der Waals surface area contributed by atoms with Crippen LogP contribution in [0.5, 0.6) is 0 Å². The van der Waals surface area contributed by atoms with E-state index >= 15 is 0 Å². The average Bonchev–Trinajstić information content (AvgIpc) is 2.49. The summed E-state index contributed by atoms with van der Waals surface area (Å²) < 4.78 is 0. The summed E-state index contributed by atoms with van der Waals surface area (Å²) in [6.07, 6.45) is 7.42. The first kappa shape index (κ1) is 15.6. The fourth-order valence-corrected chi connectivity index (χ4v) is 1.43. The number of benzene rings is 1. The van der Waals surface area contributed by atoms with Crippen molar-refractivity contribution in [1.82, 2.24) is 10.7 Å². The van der Waals surface area contributed by atoms with Gasteiger partial charge in [-0.3, -0.25) is 5.43 Å². The predicted molar refractivity (Wildman–Crippen MR) is 86.6 cm³/mol. The summed E-state index contributed by atoms with van der Waals surface area (Å²) in [6.45, 7) is 5.80. The van der Waals surface area contributed by atoms with E-state index in [0.717, 1.165) is 16.8 Å². The third kappa shape index (κ3) is 5.44. The predicted octanol–water partition coefficient (Wildman–Crippen LogP) is 2.94. The molecule has 0 unspecified atom stereocenters. The van der Waals surface area contributed by atoms with Crippen molar-refractivity contribution in [3.8, 4) is 0 Å². The summed E-state index contributed by atoms with van der Waals surface area (Å²) in [5.74, 6) is 0.547. The van der Waals surface area contributed by atoms with Crippen LogP contribution < -0.4 is 16.5 Å². The van der Waals surface area contributed by atoms with Gasteiger partial charge < -0.3 is 11.1 Å². The van der Waals surface area contributed by atoms with Crippen LogP contribution in [0, 0.1) is 0 Å². The molecule has 0 aliphatic heterocycles. The lowest BCUT2D eigenvalue weighted by Crippen LogP contribution is -2.17. The summed E-state index contributed by atoms with van der Waals surface area (Å²) in [4.78, 5) is 0. The van der Waals surface area contributed by atoms with Crippen molar-refractivity contribution in [3.05, 3.63) is 66.3 Å². The maximum Gasteiger partial charge on any atom is 0.120 e. The molecule has 1 aromatic rings. The van der Waals surface area contributed by atoms with Gasteiger partial charge in [0.1, 0.15) is 5.82 Å². The van der Waals surface area contributed by atoms with E-state index in [0.29, 0.717) is 5.82 Å². The van der Waals surface area contributed by atoms with Crippen LogP contribution >= 0.6 is 0 Å². The molecule has 1 aromatic carbocycles. The first-order valence-electron chi connectivity index (χ1n) is 6.51. The molecule has 0 saturated carbocycles. The SMILES string of the molecule is C/C=C\N/C=C/C(C)=N/N/C(N)=C(\C)c1ccccc1. The highest BCUT2D eigenvalue weighted by atomic mass is 15.3. The van der Waals surface area contributed by atoms with E-state index in [-0.39, 0.29) is 0 Å². The smallest absolute Gasteiger partial charge is 0.120 e. The van der Waals surface area contributed by atoms with Crippen LogP contribution in [0.4, 0.5) is 0 Å². The number of nitrogens with zero attached hydrogens (tertiary/aromatic N) is 1. The summed E-state index contributed by atoms with van der Waals surface area (Å²) in [5.41, 5.74) is 11.7. The maximum absolute atomic E-state index is 5.98. The van der Waals surface area contributed by atoms with Crippen LogP contribution in [0.1, 0.15) is 26.3 Å². The molecule has 0 radical (unpaired) electrons. The van der Waals surface area contributed by atoms with Gasteiger partial charge in [0.15, 0.2) is 0 Å². The monoisotopic (exact) mass is 270 g/mol. The van der Waals surface area contributed by atoms with E-state index in [4.69, 9.17) is 5.73 Å². The Morgan fingerprint density at radius 2 is 1.85 bits per heavy atom. The van der Waals surface area contributed by atoms with Crippen molar-refractivity contribution in [1.29, 1.82) is 0 Å². The quantitative estimate of drug-likeness (QED) is 0.550. The average molecular weight is 270 g/mol. The largest absolute Gasteiger partial charge is 0.384 e. The zero-order chi connectivity index (χ0) is 14.8. The Labute approximate surface area is 120 Å². The van der Waals surface area contributed by atoms with E-state index < -0.39 is 0 Å². The Balaban J connectivity index is 2.65. The van der Waals surface area contributed by atoms with E-state index in [2.05, 4.69) is 15.8 Å². The zero-order valence-corrected chi connectivity index (χ0v) is 12.2. The van der Waals surface area contributed by atoms with Crippen molar-refractivity contribution in [2.45, 2.75) is 20.8 Å². The topological polar surface area (TPSA) is 62.4 Å². The first-order valence-corrected chi connectivity index (χ1v) is 6.51. The minimum Gasteiger partial charge on any atom is -0.384 e. The molecule has 20 heavy (non-hydrogen) atoms. The summed E-state index contributed by atoms with van der Waals surface area (Å²) in [7, 11) is 0. The number of allylic oxidation sites excluding steroid dienone is 3. The zero-order valence-electron chi connectivity index (χ0n) is 12.2. The van der Waals surface area contributed by atoms with Gasteiger partial charge in [0.2, 0.25) is 0 Å². The van der Waals surface area contributed by atoms with Crippen LogP contribution in [-0.4, -0.2) is 5.71 Å². The minimum absolute atomic E-state index is 0.547. The van der Waals surface area contributed by atoms with Gasteiger partial charge in [-0.05, 0) is 44.2 Å². The van der Waals surface area contributed by atoms with Crippen LogP contribution in [0.15, 0.2) is 65.8 Å². The number of hydrogen-bond donors (Lipinski definition) is 3. The summed E-state index contributed by atoms with van der Waals surface area (Å²) in [5, 5.41) is 7.19. The van der Waals surface area contributed by atoms with Gasteiger partial charge in [0.05, 0.1) is 5.71 Å². The van der Waals surface area contributed by atoms with Crippen LogP contribution in [0.2, 0.25) is 0 Å². The fraction of sp³-hybridized carbons (Fsp3) is 0.188. The molecule has 4 nitrogen and oxygen atoms in total. The Kier molecular flexibility index (Phi) is 6.68. The molecule has 0 saturated heterocycles. The third-order valence-corrected chi connectivity index (χ3v) is 2.65. The van der Waals surface area contributed by atoms with Gasteiger partial charge in [-0.2, -0.15) is 5.10 Å². The standard InChI is InChI=1S/C16H22N4/c1-4-11-18-12-10-13(2)19-20-16(17)14(3)15-8-6-5-7-9-15/h4-12,18,20H,17H2,1-3H3/b11-4-,12-10+,16-14+,19-13+. The van der Waals surface area contributed by atoms with Gasteiger partial charge in [0, 0.05) is 6.20 Å². The second-order valence-electron chi connectivity index (χ2n) is 4.27.